The number of ether oxygens (including phenoxy) is 1. The van der Waals surface area contributed by atoms with Crippen LogP contribution in [0.5, 0.6) is 0 Å². The maximum Gasteiger partial charge on any atom is 0.324 e. The van der Waals surface area contributed by atoms with Gasteiger partial charge in [0.15, 0.2) is 5.13 Å². The van der Waals surface area contributed by atoms with E-state index >= 15 is 0 Å². The van der Waals surface area contributed by atoms with Crippen LogP contribution in [0.4, 0.5) is 9.93 Å². The molecule has 0 bridgehead atoms. The van der Waals surface area contributed by atoms with Gasteiger partial charge in [-0.3, -0.25) is 10.1 Å². The van der Waals surface area contributed by atoms with Gasteiger partial charge in [-0.2, -0.15) is 0 Å². The lowest BCUT2D eigenvalue weighted by Crippen LogP contribution is -2.51. The van der Waals surface area contributed by atoms with Gasteiger partial charge in [-0.15, -0.1) is 11.8 Å². The van der Waals surface area contributed by atoms with Crippen LogP contribution < -0.4 is 5.32 Å². The number of thioether (sulfide) groups is 1. The van der Waals surface area contributed by atoms with Gasteiger partial charge in [0, 0.05) is 25.3 Å². The summed E-state index contributed by atoms with van der Waals surface area (Å²) in [7, 11) is 0. The summed E-state index contributed by atoms with van der Waals surface area (Å²) in [5.74, 6) is -0.872. The second-order valence-corrected chi connectivity index (χ2v) is 8.95. The number of carbonyl (C=O) groups excluding carboxylic acids is 1. The fourth-order valence-electron chi connectivity index (χ4n) is 3.63. The summed E-state index contributed by atoms with van der Waals surface area (Å²) in [5.41, 5.74) is 0. The van der Waals surface area contributed by atoms with E-state index in [9.17, 15) is 9.59 Å². The summed E-state index contributed by atoms with van der Waals surface area (Å²) in [6, 6.07) is 0.410. The van der Waals surface area contributed by atoms with E-state index in [-0.39, 0.29) is 23.9 Å². The van der Waals surface area contributed by atoms with Crippen LogP contribution in [0, 0.1) is 0 Å². The number of carboxylic acid groups (broad SMARTS) is 1. The molecule has 9 heteroatoms. The summed E-state index contributed by atoms with van der Waals surface area (Å²) in [4.78, 5) is 30.0. The Hall–Kier alpha value is -1.32. The topological polar surface area (TPSA) is 91.8 Å². The molecule has 1 saturated carbocycles. The van der Waals surface area contributed by atoms with Crippen molar-refractivity contribution in [1.29, 1.82) is 0 Å². The van der Waals surface area contributed by atoms with E-state index in [0.717, 1.165) is 29.9 Å². The van der Waals surface area contributed by atoms with Crippen molar-refractivity contribution in [1.82, 2.24) is 9.88 Å². The maximum atomic E-state index is 13.0. The van der Waals surface area contributed by atoms with Crippen molar-refractivity contribution < 1.29 is 19.4 Å². The number of thiazole rings is 1. The van der Waals surface area contributed by atoms with E-state index in [0.29, 0.717) is 18.3 Å². The first-order valence-corrected chi connectivity index (χ1v) is 10.9. The molecule has 0 aromatic carbocycles. The van der Waals surface area contributed by atoms with Crippen molar-refractivity contribution in [3.63, 3.8) is 0 Å². The van der Waals surface area contributed by atoms with Gasteiger partial charge in [0.25, 0.3) is 0 Å². The van der Waals surface area contributed by atoms with Gasteiger partial charge in [0.1, 0.15) is 0 Å². The van der Waals surface area contributed by atoms with E-state index in [4.69, 9.17) is 9.84 Å². The SMILES string of the molecule is O=C(O)CSc1cnc(NC(=O)N(C2CCCCC2)C2CCOCC2)s1. The van der Waals surface area contributed by atoms with Crippen molar-refractivity contribution >= 4 is 40.2 Å². The summed E-state index contributed by atoms with van der Waals surface area (Å²) < 4.78 is 6.26. The number of hydrogen-bond acceptors (Lipinski definition) is 6. The highest BCUT2D eigenvalue weighted by molar-refractivity contribution is 8.01. The van der Waals surface area contributed by atoms with Crippen LogP contribution in [-0.2, 0) is 9.53 Å². The highest BCUT2D eigenvalue weighted by Gasteiger charge is 2.33. The molecule has 1 saturated heterocycles. The molecule has 1 aromatic heterocycles. The Morgan fingerprint density at radius 2 is 1.92 bits per heavy atom. The average molecular weight is 400 g/mol. The smallest absolute Gasteiger partial charge is 0.324 e. The van der Waals surface area contributed by atoms with Crippen molar-refractivity contribution in [2.24, 2.45) is 0 Å². The number of amides is 2. The largest absolute Gasteiger partial charge is 0.481 e. The number of nitrogens with one attached hydrogen (secondary N) is 1. The molecule has 144 valence electrons. The molecule has 26 heavy (non-hydrogen) atoms. The lowest BCUT2D eigenvalue weighted by atomic mass is 9.92. The fourth-order valence-corrected chi connectivity index (χ4v) is 5.21. The molecular formula is C17H25N3O4S2. The number of aliphatic carboxylic acids is 1. The minimum atomic E-state index is -0.864. The Balaban J connectivity index is 1.65. The Labute approximate surface area is 161 Å². The van der Waals surface area contributed by atoms with Gasteiger partial charge in [-0.05, 0) is 25.7 Å². The number of carbonyl (C=O) groups is 2. The third-order valence-electron chi connectivity index (χ3n) is 4.82. The Morgan fingerprint density at radius 3 is 2.62 bits per heavy atom. The normalized spacial score (nSPS) is 19.2. The third kappa shape index (κ3) is 5.34. The number of hydrogen-bond donors (Lipinski definition) is 2. The average Bonchev–Trinajstić information content (AvgIpc) is 3.09. The van der Waals surface area contributed by atoms with Crippen LogP contribution in [0.25, 0.3) is 0 Å². The lowest BCUT2D eigenvalue weighted by Gasteiger charge is -2.41. The molecule has 2 fully saturated rings. The van der Waals surface area contributed by atoms with Crippen molar-refractivity contribution in [2.75, 3.05) is 24.3 Å². The molecule has 2 amide bonds. The molecule has 0 radical (unpaired) electrons. The first kappa shape index (κ1) is 19.4. The molecule has 3 rings (SSSR count). The molecule has 0 unspecified atom stereocenters. The number of rotatable bonds is 6. The van der Waals surface area contributed by atoms with Crippen LogP contribution in [0.1, 0.15) is 44.9 Å². The van der Waals surface area contributed by atoms with Crippen LogP contribution in [0.15, 0.2) is 10.4 Å². The Kier molecular flexibility index (Phi) is 7.15. The molecular weight excluding hydrogens is 374 g/mol. The predicted octanol–water partition coefficient (Wildman–Crippen LogP) is 3.67. The van der Waals surface area contributed by atoms with Crippen LogP contribution >= 0.6 is 23.1 Å². The number of urea groups is 1. The second kappa shape index (κ2) is 9.57. The van der Waals surface area contributed by atoms with Gasteiger partial charge in [-0.1, -0.05) is 30.6 Å². The van der Waals surface area contributed by atoms with Gasteiger partial charge in [0.2, 0.25) is 0 Å². The van der Waals surface area contributed by atoms with Crippen LogP contribution in [-0.4, -0.2) is 58.0 Å². The summed E-state index contributed by atoms with van der Waals surface area (Å²) in [5, 5.41) is 12.2. The van der Waals surface area contributed by atoms with E-state index in [2.05, 4.69) is 10.3 Å². The molecule has 0 atom stereocenters. The molecule has 1 aliphatic heterocycles. The lowest BCUT2D eigenvalue weighted by molar-refractivity contribution is -0.133. The molecule has 2 aliphatic rings. The number of aromatic nitrogens is 1. The van der Waals surface area contributed by atoms with E-state index < -0.39 is 5.97 Å². The fraction of sp³-hybridized carbons (Fsp3) is 0.706. The zero-order valence-corrected chi connectivity index (χ0v) is 16.3. The minimum Gasteiger partial charge on any atom is -0.481 e. The zero-order valence-electron chi connectivity index (χ0n) is 14.7. The molecule has 2 N–H and O–H groups in total. The van der Waals surface area contributed by atoms with Gasteiger partial charge < -0.3 is 14.7 Å². The van der Waals surface area contributed by atoms with Gasteiger partial charge in [0.05, 0.1) is 16.2 Å². The first-order valence-electron chi connectivity index (χ1n) is 9.11. The van der Waals surface area contributed by atoms with Crippen molar-refractivity contribution in [3.05, 3.63) is 6.20 Å². The van der Waals surface area contributed by atoms with Crippen LogP contribution in [0.3, 0.4) is 0 Å². The van der Waals surface area contributed by atoms with Gasteiger partial charge in [-0.25, -0.2) is 9.78 Å². The number of anilines is 1. The van der Waals surface area contributed by atoms with E-state index in [1.165, 1.54) is 42.4 Å². The Bertz CT molecular complexity index is 595. The number of nitrogens with zero attached hydrogens (tertiary/aromatic N) is 2. The van der Waals surface area contributed by atoms with Crippen LogP contribution in [0.2, 0.25) is 0 Å². The Morgan fingerprint density at radius 1 is 1.23 bits per heavy atom. The van der Waals surface area contributed by atoms with E-state index in [1.54, 1.807) is 6.20 Å². The molecule has 7 nitrogen and oxygen atoms in total. The van der Waals surface area contributed by atoms with Crippen molar-refractivity contribution in [3.8, 4) is 0 Å². The highest BCUT2D eigenvalue weighted by atomic mass is 32.2. The zero-order chi connectivity index (χ0) is 18.4. The highest BCUT2D eigenvalue weighted by Crippen LogP contribution is 2.31. The first-order chi connectivity index (χ1) is 12.6. The maximum absolute atomic E-state index is 13.0. The molecule has 2 heterocycles. The molecule has 1 aromatic rings. The molecule has 1 aliphatic carbocycles. The third-order valence-corrected chi connectivity index (χ3v) is 6.92. The second-order valence-electron chi connectivity index (χ2n) is 6.64. The summed E-state index contributed by atoms with van der Waals surface area (Å²) in [6.45, 7) is 1.41. The quantitative estimate of drug-likeness (QED) is 0.709. The van der Waals surface area contributed by atoms with Gasteiger partial charge >= 0.3 is 12.0 Å². The minimum absolute atomic E-state index is 0.00808. The standard InChI is InChI=1S/C17H25N3O4S2/c21-14(22)11-25-15-10-18-16(26-15)19-17(23)20(12-4-2-1-3-5-12)13-6-8-24-9-7-13/h10,12-13H,1-9,11H2,(H,21,22)(H,18,19,23). The molecule has 0 spiro atoms. The summed E-state index contributed by atoms with van der Waals surface area (Å²) in [6.07, 6.45) is 9.08. The van der Waals surface area contributed by atoms with Crippen molar-refractivity contribution in [2.45, 2.75) is 61.2 Å². The predicted molar refractivity (Wildman–Crippen MR) is 102 cm³/mol. The number of carboxylic acids is 1. The monoisotopic (exact) mass is 399 g/mol. The summed E-state index contributed by atoms with van der Waals surface area (Å²) >= 11 is 2.54. The van der Waals surface area contributed by atoms with E-state index in [1.807, 2.05) is 4.90 Å².